The highest BCUT2D eigenvalue weighted by Crippen LogP contribution is 2.22. The summed E-state index contributed by atoms with van der Waals surface area (Å²) in [4.78, 5) is 96.8. The van der Waals surface area contributed by atoms with E-state index >= 15 is 0 Å². The summed E-state index contributed by atoms with van der Waals surface area (Å²) in [6.45, 7) is 18.3. The molecule has 9 aromatic rings. The highest BCUT2D eigenvalue weighted by atomic mass is 35.5. The standard InChI is InChI=1S/C18H21N5O2S.C16H14F3N5O2S.C8H11NO2S.C6H8ClNS.C6H9NOS.C5H7ClO3/c1-4-16-19-9-14(26-16)10-23-17(24)6-5-15(22-23)13-7-20-18(21-8-13)25-11-12(2)3;1-2-13-20-7-11(27-13)8-24-14(25)4-3-12(23-24)10-5-21-15(22-6-10)26-9-16(17,18)19;1-3-7-9-5-6(12-7)8(10)11-4-2;1-2-6-8-4-5(3-7)9-6;1-2-6-7-3-5(4-8)9-6;1-2-9-5(8)4(6)3-7/h5-9,12H,4,10-11H2,1-3H3;3-7H,2,8-9H2,1H3;5H,3-4H2,1-2H3;4H,2-3H2,1H3;3,8H,2,4H2,1H3;3-4H,2H2,1H3. The number of esters is 2. The first kappa shape index (κ1) is 77.1. The predicted molar refractivity (Wildman–Crippen MR) is 350 cm³/mol. The Labute approximate surface area is 559 Å². The number of hydrogen-bond donors (Lipinski definition) is 1. The number of carbonyl (C=O) groups excluding carboxylic acids is 3. The van der Waals surface area contributed by atoms with Crippen molar-refractivity contribution >= 4 is 98.1 Å². The van der Waals surface area contributed by atoms with E-state index in [1.807, 2.05) is 20.0 Å². The van der Waals surface area contributed by atoms with Crippen molar-refractivity contribution in [2.75, 3.05) is 26.4 Å². The van der Waals surface area contributed by atoms with Crippen molar-refractivity contribution in [3.63, 3.8) is 0 Å². The van der Waals surface area contributed by atoms with Gasteiger partial charge in [-0.25, -0.2) is 63.8 Å². The van der Waals surface area contributed by atoms with Crippen LogP contribution in [0.3, 0.4) is 0 Å². The molecule has 1 atom stereocenters. The number of aliphatic hydroxyl groups excluding tert-OH is 1. The van der Waals surface area contributed by atoms with Crippen LogP contribution in [0, 0.1) is 5.92 Å². The topological polar surface area (TPSA) is 294 Å². The largest absolute Gasteiger partial charge is 0.465 e. The van der Waals surface area contributed by atoms with Crippen molar-refractivity contribution in [1.82, 2.24) is 64.4 Å². The minimum atomic E-state index is -4.46. The van der Waals surface area contributed by atoms with Crippen LogP contribution >= 0.6 is 79.9 Å². The van der Waals surface area contributed by atoms with E-state index < -0.39 is 24.1 Å². The number of nitrogens with zero attached hydrogens (tertiary/aromatic N) is 13. The lowest BCUT2D eigenvalue weighted by molar-refractivity contribution is -0.154. The number of alkyl halides is 5. The molecular weight excluding hydrogens is 1340 g/mol. The third-order valence-electron chi connectivity index (χ3n) is 11.0. The fourth-order valence-electron chi connectivity index (χ4n) is 6.54. The SMILES string of the molecule is CCOC(=O)C(Cl)C=O.CCOC(=O)c1cnc(CC)s1.CCc1ncc(CCl)s1.CCc1ncc(CO)s1.CCc1ncc(Cn2nc(-c3cnc(OCC(C)C)nc3)ccc2=O)s1.CCc1ncc(Cn2nc(-c3cnc(OCC(F)(F)F)nc3)ccc2=O)s1. The zero-order valence-electron chi connectivity index (χ0n) is 51.8. The van der Waals surface area contributed by atoms with Gasteiger partial charge in [0.15, 0.2) is 12.0 Å². The van der Waals surface area contributed by atoms with Gasteiger partial charge in [-0.2, -0.15) is 23.4 Å². The predicted octanol–water partition coefficient (Wildman–Crippen LogP) is 11.4. The summed E-state index contributed by atoms with van der Waals surface area (Å²) >= 11 is 18.5. The first-order chi connectivity index (χ1) is 44.1. The Balaban J connectivity index is 0.000000253. The van der Waals surface area contributed by atoms with Crippen molar-refractivity contribution in [3.05, 3.63) is 150 Å². The van der Waals surface area contributed by atoms with Crippen LogP contribution in [0.1, 0.15) is 117 Å². The van der Waals surface area contributed by atoms with Gasteiger partial charge in [-0.05, 0) is 64.0 Å². The second-order valence-corrected chi connectivity index (χ2v) is 25.3. The van der Waals surface area contributed by atoms with Crippen molar-refractivity contribution in [2.24, 2.45) is 5.92 Å². The van der Waals surface area contributed by atoms with Gasteiger partial charge in [-0.1, -0.05) is 48.5 Å². The third-order valence-corrected chi connectivity index (χ3v) is 17.3. The van der Waals surface area contributed by atoms with Gasteiger partial charge >= 0.3 is 30.1 Å². The van der Waals surface area contributed by atoms with Crippen LogP contribution in [0.25, 0.3) is 22.5 Å². The number of thiazole rings is 5. The summed E-state index contributed by atoms with van der Waals surface area (Å²) in [6, 6.07) is 5.99. The summed E-state index contributed by atoms with van der Waals surface area (Å²) < 4.78 is 58.3. The molecule has 23 nitrogen and oxygen atoms in total. The molecule has 9 rings (SSSR count). The number of halogens is 5. The molecule has 0 aliphatic rings. The summed E-state index contributed by atoms with van der Waals surface area (Å²) in [7, 11) is 0. The number of ether oxygens (including phenoxy) is 4. The van der Waals surface area contributed by atoms with Crippen LogP contribution in [-0.2, 0) is 76.7 Å². The highest BCUT2D eigenvalue weighted by molar-refractivity contribution is 7.13. The molecule has 92 heavy (non-hydrogen) atoms. The number of aromatic nitrogens is 13. The molecule has 9 aromatic heterocycles. The van der Waals surface area contributed by atoms with E-state index in [0.717, 1.165) is 77.2 Å². The maximum atomic E-state index is 12.1. The van der Waals surface area contributed by atoms with E-state index in [0.29, 0.717) is 65.7 Å². The van der Waals surface area contributed by atoms with Crippen LogP contribution in [-0.4, -0.2) is 126 Å². The fourth-order valence-corrected chi connectivity index (χ4v) is 10.7. The lowest BCUT2D eigenvalue weighted by Gasteiger charge is -2.08. The molecule has 1 N–H and O–H groups in total. The van der Waals surface area contributed by atoms with Gasteiger partial charge in [0, 0.05) is 87.5 Å². The number of carbonyl (C=O) groups is 3. The number of aldehydes is 1. The number of rotatable bonds is 23. The Hall–Kier alpha value is -7.39. The maximum Gasteiger partial charge on any atom is 0.422 e. The Morgan fingerprint density at radius 1 is 0.576 bits per heavy atom. The minimum Gasteiger partial charge on any atom is -0.465 e. The molecule has 0 fully saturated rings. The Morgan fingerprint density at radius 3 is 1.34 bits per heavy atom. The van der Waals surface area contributed by atoms with Gasteiger partial charge in [-0.15, -0.1) is 79.9 Å². The second kappa shape index (κ2) is 41.3. The van der Waals surface area contributed by atoms with Crippen molar-refractivity contribution < 1.29 is 51.6 Å². The van der Waals surface area contributed by atoms with E-state index in [-0.39, 0.29) is 42.9 Å². The highest BCUT2D eigenvalue weighted by Gasteiger charge is 2.29. The molecule has 0 aliphatic carbocycles. The molecular formula is C59H70Cl2F3N13O10S5. The van der Waals surface area contributed by atoms with Crippen LogP contribution in [0.4, 0.5) is 13.2 Å². The Kier molecular flexibility index (Phi) is 34.6. The molecule has 0 amide bonds. The minimum absolute atomic E-state index is 0.123. The average Bonchev–Trinajstić information content (AvgIpc) is 1.24. The number of aliphatic hydroxyl groups is 1. The summed E-state index contributed by atoms with van der Waals surface area (Å²) in [5, 5.41) is 21.4. The first-order valence-electron chi connectivity index (χ1n) is 28.5. The van der Waals surface area contributed by atoms with E-state index in [1.165, 1.54) is 67.6 Å². The molecule has 496 valence electrons. The molecule has 33 heteroatoms. The molecule has 0 spiro atoms. The maximum absolute atomic E-state index is 12.1. The van der Waals surface area contributed by atoms with E-state index in [4.69, 9.17) is 37.8 Å². The molecule has 0 saturated carbocycles. The van der Waals surface area contributed by atoms with E-state index in [9.17, 15) is 37.1 Å². The molecule has 0 radical (unpaired) electrons. The van der Waals surface area contributed by atoms with Crippen LogP contribution in [0.15, 0.2) is 89.6 Å². The Bertz CT molecular complexity index is 3670. The zero-order valence-corrected chi connectivity index (χ0v) is 57.4. The third kappa shape index (κ3) is 27.8. The second-order valence-electron chi connectivity index (χ2n) is 18.6. The van der Waals surface area contributed by atoms with Gasteiger partial charge in [0.2, 0.25) is 0 Å². The summed E-state index contributed by atoms with van der Waals surface area (Å²) in [5.41, 5.74) is 1.79. The van der Waals surface area contributed by atoms with Crippen LogP contribution in [0.5, 0.6) is 12.0 Å². The lowest BCUT2D eigenvalue weighted by Crippen LogP contribution is -2.22. The quantitative estimate of drug-likeness (QED) is 0.0269. The van der Waals surface area contributed by atoms with Crippen molar-refractivity contribution in [3.8, 4) is 34.5 Å². The van der Waals surface area contributed by atoms with E-state index in [1.54, 1.807) is 91.1 Å². The molecule has 0 bridgehead atoms. The van der Waals surface area contributed by atoms with Crippen LogP contribution in [0.2, 0.25) is 0 Å². The number of aryl methyl sites for hydroxylation is 5. The van der Waals surface area contributed by atoms with Gasteiger partial charge in [0.1, 0.15) is 11.2 Å². The molecule has 1 unspecified atom stereocenters. The van der Waals surface area contributed by atoms with Gasteiger partial charge in [-0.3, -0.25) is 9.59 Å². The molecule has 0 aromatic carbocycles. The first-order valence-corrected chi connectivity index (χ1v) is 33.6. The van der Waals surface area contributed by atoms with Gasteiger partial charge < -0.3 is 28.8 Å². The monoisotopic (exact) mass is 1410 g/mol. The summed E-state index contributed by atoms with van der Waals surface area (Å²) in [6.07, 6.45) is 14.9. The van der Waals surface area contributed by atoms with Crippen molar-refractivity contribution in [2.45, 2.75) is 132 Å². The molecule has 0 aliphatic heterocycles. The van der Waals surface area contributed by atoms with E-state index in [2.05, 4.69) is 99.1 Å². The van der Waals surface area contributed by atoms with Gasteiger partial charge in [0.05, 0.1) is 92.9 Å². The lowest BCUT2D eigenvalue weighted by atomic mass is 10.2. The average molecular weight is 1410 g/mol. The fraction of sp³-hybridized carbons (Fsp3) is 0.424. The zero-order chi connectivity index (χ0) is 67.6. The normalized spacial score (nSPS) is 11.0. The van der Waals surface area contributed by atoms with Crippen molar-refractivity contribution in [1.29, 1.82) is 0 Å². The molecule has 9 heterocycles. The smallest absolute Gasteiger partial charge is 0.422 e. The molecule has 0 saturated heterocycles. The summed E-state index contributed by atoms with van der Waals surface area (Å²) in [5.74, 6) is 0.0461. The number of hydrogen-bond acceptors (Lipinski definition) is 26. The van der Waals surface area contributed by atoms with Crippen LogP contribution < -0.4 is 20.6 Å². The Morgan fingerprint density at radius 2 is 0.978 bits per heavy atom. The van der Waals surface area contributed by atoms with Gasteiger partial charge in [0.25, 0.3) is 11.1 Å².